The van der Waals surface area contributed by atoms with Gasteiger partial charge >= 0.3 is 0 Å². The molecule has 0 saturated heterocycles. The highest BCUT2D eigenvalue weighted by molar-refractivity contribution is 5.94. The van der Waals surface area contributed by atoms with Gasteiger partial charge in [0.1, 0.15) is 23.5 Å². The van der Waals surface area contributed by atoms with Gasteiger partial charge in [-0.25, -0.2) is 8.78 Å². The van der Waals surface area contributed by atoms with Crippen molar-refractivity contribution in [1.29, 1.82) is 0 Å². The molecule has 136 valence electrons. The molecular weight excluding hydrogens is 350 g/mol. The Morgan fingerprint density at radius 3 is 2.70 bits per heavy atom. The number of ether oxygens (including phenoxy) is 1. The molecule has 0 spiro atoms. The summed E-state index contributed by atoms with van der Waals surface area (Å²) >= 11 is 0. The van der Waals surface area contributed by atoms with E-state index in [9.17, 15) is 13.6 Å². The second-order valence-corrected chi connectivity index (χ2v) is 6.35. The van der Waals surface area contributed by atoms with Gasteiger partial charge in [-0.3, -0.25) is 9.78 Å². The minimum Gasteiger partial charge on any atom is -0.487 e. The number of amides is 1. The van der Waals surface area contributed by atoms with E-state index in [-0.39, 0.29) is 18.2 Å². The first-order valence-corrected chi connectivity index (χ1v) is 8.53. The van der Waals surface area contributed by atoms with Crippen LogP contribution in [0.25, 0.3) is 11.1 Å². The molecule has 0 aliphatic carbocycles. The summed E-state index contributed by atoms with van der Waals surface area (Å²) in [7, 11) is 0. The van der Waals surface area contributed by atoms with Crippen molar-refractivity contribution in [2.45, 2.75) is 12.5 Å². The van der Waals surface area contributed by atoms with Crippen LogP contribution in [0.15, 0.2) is 60.9 Å². The van der Waals surface area contributed by atoms with Crippen molar-refractivity contribution in [1.82, 2.24) is 10.3 Å². The maximum Gasteiger partial charge on any atom is 0.251 e. The zero-order valence-corrected chi connectivity index (χ0v) is 14.3. The third-order valence-electron chi connectivity index (χ3n) is 4.42. The number of fused-ring (bicyclic) bond motifs is 1. The van der Waals surface area contributed by atoms with Gasteiger partial charge in [0.05, 0.1) is 6.54 Å². The van der Waals surface area contributed by atoms with Gasteiger partial charge in [-0.2, -0.15) is 0 Å². The van der Waals surface area contributed by atoms with Crippen LogP contribution in [-0.4, -0.2) is 23.5 Å². The molecule has 0 saturated carbocycles. The second-order valence-electron chi connectivity index (χ2n) is 6.35. The Bertz CT molecular complexity index is 972. The van der Waals surface area contributed by atoms with Crippen molar-refractivity contribution in [2.24, 2.45) is 0 Å². The van der Waals surface area contributed by atoms with Crippen molar-refractivity contribution in [3.05, 3.63) is 83.7 Å². The molecule has 27 heavy (non-hydrogen) atoms. The molecule has 3 aromatic rings. The van der Waals surface area contributed by atoms with Crippen LogP contribution in [0.5, 0.6) is 5.75 Å². The molecular formula is C21H16F2N2O2. The maximum atomic E-state index is 13.3. The summed E-state index contributed by atoms with van der Waals surface area (Å²) in [5.41, 5.74) is 2.89. The molecule has 1 N–H and O–H groups in total. The molecule has 1 aromatic heterocycles. The van der Waals surface area contributed by atoms with Crippen molar-refractivity contribution in [2.75, 3.05) is 6.54 Å². The van der Waals surface area contributed by atoms with E-state index in [1.54, 1.807) is 12.4 Å². The average Bonchev–Trinajstić information content (AvgIpc) is 3.09. The zero-order valence-electron chi connectivity index (χ0n) is 14.3. The Balaban J connectivity index is 1.45. The third-order valence-corrected chi connectivity index (χ3v) is 4.42. The van der Waals surface area contributed by atoms with Crippen LogP contribution < -0.4 is 10.1 Å². The summed E-state index contributed by atoms with van der Waals surface area (Å²) in [6, 6.07) is 12.5. The van der Waals surface area contributed by atoms with Crippen LogP contribution >= 0.6 is 0 Å². The molecule has 1 atom stereocenters. The lowest BCUT2D eigenvalue weighted by atomic mass is 10.0. The van der Waals surface area contributed by atoms with E-state index in [0.717, 1.165) is 40.6 Å². The highest BCUT2D eigenvalue weighted by Gasteiger charge is 2.26. The Morgan fingerprint density at radius 1 is 1.15 bits per heavy atom. The lowest BCUT2D eigenvalue weighted by Crippen LogP contribution is -2.34. The molecule has 2 heterocycles. The average molecular weight is 366 g/mol. The highest BCUT2D eigenvalue weighted by atomic mass is 19.1. The van der Waals surface area contributed by atoms with Gasteiger partial charge in [0, 0.05) is 41.6 Å². The summed E-state index contributed by atoms with van der Waals surface area (Å²) in [4.78, 5) is 16.3. The van der Waals surface area contributed by atoms with Gasteiger partial charge in [-0.15, -0.1) is 0 Å². The van der Waals surface area contributed by atoms with E-state index in [4.69, 9.17) is 4.74 Å². The van der Waals surface area contributed by atoms with E-state index < -0.39 is 17.5 Å². The quantitative estimate of drug-likeness (QED) is 0.765. The molecule has 1 amide bonds. The summed E-state index contributed by atoms with van der Waals surface area (Å²) in [6.45, 7) is 0.234. The van der Waals surface area contributed by atoms with Crippen LogP contribution in [0.1, 0.15) is 15.9 Å². The number of rotatable bonds is 4. The Labute approximate surface area is 154 Å². The molecule has 1 aliphatic rings. The zero-order chi connectivity index (χ0) is 18.8. The minimum absolute atomic E-state index is 0.0564. The number of nitrogens with zero attached hydrogens (tertiary/aromatic N) is 1. The van der Waals surface area contributed by atoms with Crippen molar-refractivity contribution >= 4 is 5.91 Å². The first-order valence-electron chi connectivity index (χ1n) is 8.53. The number of para-hydroxylation sites is 1. The van der Waals surface area contributed by atoms with E-state index >= 15 is 0 Å². The summed E-state index contributed by atoms with van der Waals surface area (Å²) in [5, 5.41) is 2.68. The molecule has 1 aliphatic heterocycles. The van der Waals surface area contributed by atoms with Crippen LogP contribution in [0.4, 0.5) is 8.78 Å². The van der Waals surface area contributed by atoms with Gasteiger partial charge in [-0.1, -0.05) is 24.3 Å². The third kappa shape index (κ3) is 3.65. The molecule has 0 radical (unpaired) electrons. The number of benzene rings is 2. The number of aromatic nitrogens is 1. The first kappa shape index (κ1) is 17.1. The Hall–Kier alpha value is -3.28. The smallest absolute Gasteiger partial charge is 0.251 e. The topological polar surface area (TPSA) is 51.2 Å². The fraction of sp³-hybridized carbons (Fsp3) is 0.143. The predicted octanol–water partition coefficient (Wildman–Crippen LogP) is 3.76. The fourth-order valence-electron chi connectivity index (χ4n) is 3.20. The van der Waals surface area contributed by atoms with E-state index in [1.807, 2.05) is 30.3 Å². The molecule has 2 aromatic carbocycles. The Morgan fingerprint density at radius 2 is 1.96 bits per heavy atom. The molecule has 4 rings (SSSR count). The number of carbonyl (C=O) groups excluding carboxylic acids is 1. The standard InChI is InChI=1S/C21H16F2N2O2/c22-16-7-15(8-17(23)10-16)21(26)25-12-18-9-13-3-1-5-19(20(13)27-18)14-4-2-6-24-11-14/h1-8,10-11,18H,9,12H2,(H,25,26)/t18-/m0/s1. The molecule has 6 heteroatoms. The van der Waals surface area contributed by atoms with Crippen LogP contribution in [-0.2, 0) is 6.42 Å². The summed E-state index contributed by atoms with van der Waals surface area (Å²) in [6.07, 6.45) is 3.87. The van der Waals surface area contributed by atoms with E-state index in [0.29, 0.717) is 6.42 Å². The van der Waals surface area contributed by atoms with Crippen molar-refractivity contribution in [3.8, 4) is 16.9 Å². The lowest BCUT2D eigenvalue weighted by molar-refractivity contribution is 0.0932. The van der Waals surface area contributed by atoms with Gasteiger partial charge < -0.3 is 10.1 Å². The van der Waals surface area contributed by atoms with Crippen molar-refractivity contribution < 1.29 is 18.3 Å². The Kier molecular flexibility index (Phi) is 4.54. The van der Waals surface area contributed by atoms with Crippen LogP contribution in [0.2, 0.25) is 0 Å². The maximum absolute atomic E-state index is 13.3. The molecule has 0 bridgehead atoms. The molecule has 0 unspecified atom stereocenters. The van der Waals surface area contributed by atoms with Crippen LogP contribution in [0.3, 0.4) is 0 Å². The summed E-state index contributed by atoms with van der Waals surface area (Å²) < 4.78 is 32.6. The largest absolute Gasteiger partial charge is 0.487 e. The van der Waals surface area contributed by atoms with E-state index in [2.05, 4.69) is 10.3 Å². The monoisotopic (exact) mass is 366 g/mol. The minimum atomic E-state index is -0.786. The van der Waals surface area contributed by atoms with Gasteiger partial charge in [0.2, 0.25) is 0 Å². The normalized spacial score (nSPS) is 15.1. The van der Waals surface area contributed by atoms with E-state index in [1.165, 1.54) is 0 Å². The molecule has 0 fully saturated rings. The van der Waals surface area contributed by atoms with Gasteiger partial charge in [-0.05, 0) is 23.8 Å². The van der Waals surface area contributed by atoms with Crippen LogP contribution in [0, 0.1) is 11.6 Å². The SMILES string of the molecule is O=C(NC[C@@H]1Cc2cccc(-c3cccnc3)c2O1)c1cc(F)cc(F)c1. The fourth-order valence-corrected chi connectivity index (χ4v) is 3.20. The molecule has 4 nitrogen and oxygen atoms in total. The second kappa shape index (κ2) is 7.15. The number of nitrogens with one attached hydrogen (secondary N) is 1. The number of carbonyl (C=O) groups is 1. The van der Waals surface area contributed by atoms with Crippen molar-refractivity contribution in [3.63, 3.8) is 0 Å². The predicted molar refractivity (Wildman–Crippen MR) is 96.5 cm³/mol. The number of halogens is 2. The van der Waals surface area contributed by atoms with Gasteiger partial charge in [0.25, 0.3) is 5.91 Å². The highest BCUT2D eigenvalue weighted by Crippen LogP contribution is 2.38. The summed E-state index contributed by atoms with van der Waals surface area (Å²) in [5.74, 6) is -1.33. The lowest BCUT2D eigenvalue weighted by Gasteiger charge is -2.13. The first-order chi connectivity index (χ1) is 13.1. The number of pyridine rings is 1. The van der Waals surface area contributed by atoms with Gasteiger partial charge in [0.15, 0.2) is 0 Å². The number of hydrogen-bond donors (Lipinski definition) is 1. The number of hydrogen-bond acceptors (Lipinski definition) is 3.